The molecule has 0 unspecified atom stereocenters. The Bertz CT molecular complexity index is 606. The lowest BCUT2D eigenvalue weighted by molar-refractivity contribution is -0.134. The molecule has 2 rings (SSSR count). The molecule has 1 aromatic carbocycles. The highest BCUT2D eigenvalue weighted by atomic mass is 16.5. The van der Waals surface area contributed by atoms with E-state index in [0.29, 0.717) is 18.8 Å². The molecule has 1 aliphatic heterocycles. The second-order valence-electron chi connectivity index (χ2n) is 7.08. The minimum absolute atomic E-state index is 0.162. The van der Waals surface area contributed by atoms with Crippen LogP contribution in [0, 0.1) is 0 Å². The standard InChI is InChI=1S/C19H30N4O3/c1-19(2,18(25)21-10-5-9-20)26-17-8-3-7-16(12-17)23-11-4-6-15(13-23)22-14-24/h3,7-8,12,14-15H,4-6,9-11,13,20H2,1-2H3,(H,21,25)(H,22,24)/t15-/m0/s1. The van der Waals surface area contributed by atoms with Crippen LogP contribution in [-0.4, -0.2) is 50.1 Å². The highest BCUT2D eigenvalue weighted by molar-refractivity contribution is 5.84. The molecule has 1 saturated heterocycles. The Morgan fingerprint density at radius 1 is 1.46 bits per heavy atom. The molecule has 0 aliphatic carbocycles. The summed E-state index contributed by atoms with van der Waals surface area (Å²) in [7, 11) is 0. The van der Waals surface area contributed by atoms with Crippen molar-refractivity contribution >= 4 is 18.0 Å². The summed E-state index contributed by atoms with van der Waals surface area (Å²) in [6.45, 7) is 6.29. The van der Waals surface area contributed by atoms with E-state index < -0.39 is 5.60 Å². The third-order valence-electron chi connectivity index (χ3n) is 4.49. The lowest BCUT2D eigenvalue weighted by atomic mass is 10.0. The van der Waals surface area contributed by atoms with Crippen molar-refractivity contribution in [2.75, 3.05) is 31.1 Å². The topological polar surface area (TPSA) is 96.7 Å². The number of nitrogens with one attached hydrogen (secondary N) is 2. The molecule has 1 fully saturated rings. The molecular weight excluding hydrogens is 332 g/mol. The van der Waals surface area contributed by atoms with Crippen LogP contribution < -0.4 is 26.0 Å². The van der Waals surface area contributed by atoms with E-state index >= 15 is 0 Å². The average Bonchev–Trinajstić information content (AvgIpc) is 2.62. The van der Waals surface area contributed by atoms with Crippen molar-refractivity contribution in [3.05, 3.63) is 24.3 Å². The van der Waals surface area contributed by atoms with Gasteiger partial charge >= 0.3 is 0 Å². The number of amides is 2. The van der Waals surface area contributed by atoms with Crippen molar-refractivity contribution in [1.29, 1.82) is 0 Å². The van der Waals surface area contributed by atoms with E-state index in [-0.39, 0.29) is 11.9 Å². The number of nitrogens with two attached hydrogens (primary N) is 1. The number of nitrogens with zero attached hydrogens (tertiary/aromatic N) is 1. The molecule has 0 bridgehead atoms. The summed E-state index contributed by atoms with van der Waals surface area (Å²) >= 11 is 0. The minimum Gasteiger partial charge on any atom is -0.478 e. The van der Waals surface area contributed by atoms with E-state index in [2.05, 4.69) is 15.5 Å². The fourth-order valence-electron chi connectivity index (χ4n) is 3.05. The predicted octanol–water partition coefficient (Wildman–Crippen LogP) is 1.02. The van der Waals surface area contributed by atoms with Crippen LogP contribution in [0.3, 0.4) is 0 Å². The van der Waals surface area contributed by atoms with Crippen LogP contribution in [0.2, 0.25) is 0 Å². The molecule has 1 aromatic rings. The van der Waals surface area contributed by atoms with Gasteiger partial charge in [0.1, 0.15) is 5.75 Å². The molecule has 7 nitrogen and oxygen atoms in total. The minimum atomic E-state index is -0.975. The molecule has 144 valence electrons. The summed E-state index contributed by atoms with van der Waals surface area (Å²) in [6, 6.07) is 7.89. The van der Waals surface area contributed by atoms with Crippen molar-refractivity contribution in [3.63, 3.8) is 0 Å². The second kappa shape index (κ2) is 9.43. The molecule has 26 heavy (non-hydrogen) atoms. The molecule has 0 radical (unpaired) electrons. The summed E-state index contributed by atoms with van der Waals surface area (Å²) in [5, 5.41) is 5.71. The zero-order chi connectivity index (χ0) is 19.0. The smallest absolute Gasteiger partial charge is 0.263 e. The van der Waals surface area contributed by atoms with E-state index in [1.165, 1.54) is 0 Å². The third kappa shape index (κ3) is 5.62. The molecule has 4 N–H and O–H groups in total. The summed E-state index contributed by atoms with van der Waals surface area (Å²) in [4.78, 5) is 25.2. The quantitative estimate of drug-likeness (QED) is 0.450. The SMILES string of the molecule is CC(C)(Oc1cccc(N2CCC[C@H](NC=O)C2)c1)C(=O)NCCCN. The number of rotatable bonds is 9. The van der Waals surface area contributed by atoms with Crippen molar-refractivity contribution in [2.45, 2.75) is 44.8 Å². The largest absolute Gasteiger partial charge is 0.478 e. The van der Waals surface area contributed by atoms with Gasteiger partial charge in [-0.1, -0.05) is 6.07 Å². The van der Waals surface area contributed by atoms with Gasteiger partial charge in [0.05, 0.1) is 0 Å². The maximum Gasteiger partial charge on any atom is 0.263 e. The van der Waals surface area contributed by atoms with Gasteiger partial charge in [0.2, 0.25) is 6.41 Å². The van der Waals surface area contributed by atoms with Crippen molar-refractivity contribution in [2.24, 2.45) is 5.73 Å². The third-order valence-corrected chi connectivity index (χ3v) is 4.49. The van der Waals surface area contributed by atoms with Crippen LogP contribution in [0.5, 0.6) is 5.75 Å². The molecular formula is C19H30N4O3. The van der Waals surface area contributed by atoms with Gasteiger partial charge in [0.15, 0.2) is 5.60 Å². The Balaban J connectivity index is 2.01. The van der Waals surface area contributed by atoms with Crippen molar-refractivity contribution in [1.82, 2.24) is 10.6 Å². The number of carbonyl (C=O) groups is 2. The zero-order valence-electron chi connectivity index (χ0n) is 15.7. The highest BCUT2D eigenvalue weighted by Crippen LogP contribution is 2.26. The molecule has 7 heteroatoms. The molecule has 0 spiro atoms. The Morgan fingerprint density at radius 3 is 3.00 bits per heavy atom. The van der Waals surface area contributed by atoms with Crippen LogP contribution in [0.25, 0.3) is 0 Å². The number of piperidine rings is 1. The normalized spacial score (nSPS) is 17.5. The molecule has 1 aliphatic rings. The summed E-state index contributed by atoms with van der Waals surface area (Å²) in [5.74, 6) is 0.483. The summed E-state index contributed by atoms with van der Waals surface area (Å²) in [5.41, 5.74) is 5.50. The van der Waals surface area contributed by atoms with Gasteiger partial charge in [-0.2, -0.15) is 0 Å². The van der Waals surface area contributed by atoms with Gasteiger partial charge < -0.3 is 26.0 Å². The number of hydrogen-bond donors (Lipinski definition) is 3. The lowest BCUT2D eigenvalue weighted by Gasteiger charge is -2.34. The van der Waals surface area contributed by atoms with E-state index in [4.69, 9.17) is 10.5 Å². The van der Waals surface area contributed by atoms with Crippen LogP contribution in [0.15, 0.2) is 24.3 Å². The average molecular weight is 362 g/mol. The fraction of sp³-hybridized carbons (Fsp3) is 0.579. The first-order valence-electron chi connectivity index (χ1n) is 9.18. The Hall–Kier alpha value is -2.28. The van der Waals surface area contributed by atoms with Gasteiger partial charge in [-0.05, 0) is 51.8 Å². The van der Waals surface area contributed by atoms with E-state index in [0.717, 1.165) is 44.4 Å². The first kappa shape index (κ1) is 20.0. The van der Waals surface area contributed by atoms with Gasteiger partial charge in [-0.25, -0.2) is 0 Å². The maximum absolute atomic E-state index is 12.3. The van der Waals surface area contributed by atoms with Crippen LogP contribution in [0.1, 0.15) is 33.1 Å². The zero-order valence-corrected chi connectivity index (χ0v) is 15.7. The van der Waals surface area contributed by atoms with Gasteiger partial charge in [0.25, 0.3) is 5.91 Å². The molecule has 1 atom stereocenters. The highest BCUT2D eigenvalue weighted by Gasteiger charge is 2.30. The first-order valence-corrected chi connectivity index (χ1v) is 9.18. The number of anilines is 1. The van der Waals surface area contributed by atoms with Crippen LogP contribution in [0.4, 0.5) is 5.69 Å². The number of carbonyl (C=O) groups excluding carboxylic acids is 2. The van der Waals surface area contributed by atoms with Gasteiger partial charge in [0, 0.05) is 37.4 Å². The first-order chi connectivity index (χ1) is 12.5. The molecule has 1 heterocycles. The Labute approximate surface area is 155 Å². The lowest BCUT2D eigenvalue weighted by Crippen LogP contribution is -2.47. The monoisotopic (exact) mass is 362 g/mol. The maximum atomic E-state index is 12.3. The van der Waals surface area contributed by atoms with E-state index in [1.54, 1.807) is 13.8 Å². The number of hydrogen-bond acceptors (Lipinski definition) is 5. The van der Waals surface area contributed by atoms with E-state index in [9.17, 15) is 9.59 Å². The summed E-state index contributed by atoms with van der Waals surface area (Å²) in [6.07, 6.45) is 3.51. The molecule has 0 aromatic heterocycles. The molecule has 2 amide bonds. The van der Waals surface area contributed by atoms with Gasteiger partial charge in [-0.15, -0.1) is 0 Å². The van der Waals surface area contributed by atoms with Crippen molar-refractivity contribution in [3.8, 4) is 5.75 Å². The van der Waals surface area contributed by atoms with Crippen LogP contribution >= 0.6 is 0 Å². The number of benzene rings is 1. The summed E-state index contributed by atoms with van der Waals surface area (Å²) < 4.78 is 5.96. The second-order valence-corrected chi connectivity index (χ2v) is 7.08. The van der Waals surface area contributed by atoms with Crippen LogP contribution in [-0.2, 0) is 9.59 Å². The Morgan fingerprint density at radius 2 is 2.27 bits per heavy atom. The fourth-order valence-corrected chi connectivity index (χ4v) is 3.05. The number of ether oxygens (including phenoxy) is 1. The molecule has 0 saturated carbocycles. The van der Waals surface area contributed by atoms with Gasteiger partial charge in [-0.3, -0.25) is 9.59 Å². The Kier molecular flexibility index (Phi) is 7.26. The van der Waals surface area contributed by atoms with E-state index in [1.807, 2.05) is 24.3 Å². The van der Waals surface area contributed by atoms with Crippen molar-refractivity contribution < 1.29 is 14.3 Å². The predicted molar refractivity (Wildman–Crippen MR) is 102 cm³/mol.